The first-order chi connectivity index (χ1) is 11.1. The molecule has 4 nitrogen and oxygen atoms in total. The molecule has 23 heavy (non-hydrogen) atoms. The van der Waals surface area contributed by atoms with Crippen molar-refractivity contribution in [3.63, 3.8) is 0 Å². The monoisotopic (exact) mass is 309 g/mol. The average molecular weight is 309 g/mol. The summed E-state index contributed by atoms with van der Waals surface area (Å²) in [4.78, 5) is 23.8. The highest BCUT2D eigenvalue weighted by atomic mass is 16.2. The van der Waals surface area contributed by atoms with Crippen molar-refractivity contribution in [1.82, 2.24) is 5.32 Å². The molecule has 1 aromatic carbocycles. The van der Waals surface area contributed by atoms with Crippen molar-refractivity contribution < 1.29 is 14.2 Å². The van der Waals surface area contributed by atoms with Crippen LogP contribution in [0.25, 0.3) is 0 Å². The van der Waals surface area contributed by atoms with Gasteiger partial charge < -0.3 is 5.32 Å². The van der Waals surface area contributed by atoms with Gasteiger partial charge in [0.15, 0.2) is 18.2 Å². The molecule has 1 atom stereocenters. The van der Waals surface area contributed by atoms with Crippen molar-refractivity contribution in [2.24, 2.45) is 0 Å². The molecule has 0 aliphatic heterocycles. The van der Waals surface area contributed by atoms with E-state index in [9.17, 15) is 9.59 Å². The zero-order chi connectivity index (χ0) is 16.2. The number of hydrogen-bond acceptors (Lipinski definition) is 2. The summed E-state index contributed by atoms with van der Waals surface area (Å²) in [5.41, 5.74) is 3.17. The lowest BCUT2D eigenvalue weighted by molar-refractivity contribution is -0.684. The van der Waals surface area contributed by atoms with E-state index in [0.29, 0.717) is 5.56 Å². The third-order valence-corrected chi connectivity index (χ3v) is 4.30. The molecule has 1 aromatic heterocycles. The Hall–Kier alpha value is -2.49. The molecule has 0 spiro atoms. The van der Waals surface area contributed by atoms with E-state index in [0.717, 1.165) is 19.3 Å². The Morgan fingerprint density at radius 1 is 1.22 bits per heavy atom. The van der Waals surface area contributed by atoms with Crippen molar-refractivity contribution in [3.8, 4) is 0 Å². The van der Waals surface area contributed by atoms with Crippen molar-refractivity contribution in [3.05, 3.63) is 65.5 Å². The van der Waals surface area contributed by atoms with Gasteiger partial charge in [0.1, 0.15) is 0 Å². The third kappa shape index (κ3) is 3.65. The summed E-state index contributed by atoms with van der Waals surface area (Å²) in [5.74, 6) is -0.0293. The highest BCUT2D eigenvalue weighted by molar-refractivity contribution is 5.93. The third-order valence-electron chi connectivity index (χ3n) is 4.30. The molecule has 2 aromatic rings. The summed E-state index contributed by atoms with van der Waals surface area (Å²) in [6, 6.07) is 11.9. The lowest BCUT2D eigenvalue weighted by Crippen LogP contribution is -2.44. The largest absolute Gasteiger partial charge is 0.344 e. The van der Waals surface area contributed by atoms with E-state index in [1.807, 2.05) is 12.1 Å². The zero-order valence-corrected chi connectivity index (χ0v) is 13.3. The smallest absolute Gasteiger partial charge is 0.286 e. The lowest BCUT2D eigenvalue weighted by Gasteiger charge is -2.25. The van der Waals surface area contributed by atoms with Crippen molar-refractivity contribution in [1.29, 1.82) is 0 Å². The number of hydrogen-bond donors (Lipinski definition) is 1. The van der Waals surface area contributed by atoms with E-state index in [2.05, 4.69) is 17.4 Å². The Balaban J connectivity index is 1.69. The first-order valence-electron chi connectivity index (χ1n) is 8.00. The zero-order valence-electron chi connectivity index (χ0n) is 13.3. The maximum Gasteiger partial charge on any atom is 0.286 e. The van der Waals surface area contributed by atoms with Crippen LogP contribution in [0.4, 0.5) is 0 Å². The van der Waals surface area contributed by atoms with E-state index < -0.39 is 0 Å². The van der Waals surface area contributed by atoms with Crippen LogP contribution in [0.1, 0.15) is 47.3 Å². The van der Waals surface area contributed by atoms with Gasteiger partial charge in [-0.25, -0.2) is 0 Å². The molecule has 0 bridgehead atoms. The number of aryl methyl sites for hydroxylation is 1. The molecule has 4 heteroatoms. The minimum Gasteiger partial charge on any atom is -0.344 e. The van der Waals surface area contributed by atoms with E-state index in [1.54, 1.807) is 29.1 Å². The van der Waals surface area contributed by atoms with Gasteiger partial charge in [-0.15, -0.1) is 0 Å². The Kier molecular flexibility index (Phi) is 4.51. The highest BCUT2D eigenvalue weighted by Crippen LogP contribution is 2.29. The predicted octanol–water partition coefficient (Wildman–Crippen LogP) is 2.37. The number of pyridine rings is 1. The number of carbonyl (C=O) groups excluding carboxylic acids is 2. The van der Waals surface area contributed by atoms with E-state index in [-0.39, 0.29) is 24.3 Å². The first kappa shape index (κ1) is 15.4. The van der Waals surface area contributed by atoms with Gasteiger partial charge in [0.05, 0.1) is 11.6 Å². The maximum atomic E-state index is 12.4. The van der Waals surface area contributed by atoms with Crippen LogP contribution in [0.15, 0.2) is 48.8 Å². The minimum absolute atomic E-state index is 0.000894. The van der Waals surface area contributed by atoms with Crippen LogP contribution in [0, 0.1) is 0 Å². The molecule has 1 aliphatic rings. The molecule has 3 rings (SSSR count). The molecule has 118 valence electrons. The summed E-state index contributed by atoms with van der Waals surface area (Å²) in [6.45, 7) is 1.75. The van der Waals surface area contributed by atoms with E-state index >= 15 is 0 Å². The number of Topliss-reactive ketones (excluding diaryl/α,β-unsaturated/α-hetero) is 1. The fourth-order valence-electron chi connectivity index (χ4n) is 3.14. The number of benzene rings is 1. The van der Waals surface area contributed by atoms with Crippen LogP contribution < -0.4 is 9.88 Å². The Morgan fingerprint density at radius 3 is 2.87 bits per heavy atom. The predicted molar refractivity (Wildman–Crippen MR) is 86.9 cm³/mol. The molecule has 1 aliphatic carbocycles. The van der Waals surface area contributed by atoms with Gasteiger partial charge in [-0.05, 0) is 43.4 Å². The van der Waals surface area contributed by atoms with Crippen molar-refractivity contribution in [2.45, 2.75) is 38.8 Å². The molecule has 0 saturated carbocycles. The van der Waals surface area contributed by atoms with Crippen LogP contribution in [0.5, 0.6) is 0 Å². The van der Waals surface area contributed by atoms with Crippen LogP contribution in [-0.4, -0.2) is 11.7 Å². The standard InChI is InChI=1S/C19H20N2O2/c1-14(22)16-8-5-11-21(12-16)13-19(23)20-18-10-4-7-15-6-2-3-9-17(15)18/h2-3,5-6,8-9,11-12,18H,4,7,10,13H2,1H3/p+1/t18-/m0/s1. The van der Waals surface area contributed by atoms with Gasteiger partial charge in [-0.2, -0.15) is 4.57 Å². The van der Waals surface area contributed by atoms with Gasteiger partial charge in [0.2, 0.25) is 6.54 Å². The highest BCUT2D eigenvalue weighted by Gasteiger charge is 2.22. The second-order valence-corrected chi connectivity index (χ2v) is 6.03. The number of rotatable bonds is 4. The summed E-state index contributed by atoms with van der Waals surface area (Å²) < 4.78 is 1.75. The van der Waals surface area contributed by atoms with E-state index in [4.69, 9.17) is 0 Å². The molecule has 0 fully saturated rings. The van der Waals surface area contributed by atoms with Crippen LogP contribution in [0.3, 0.4) is 0 Å². The number of aromatic nitrogens is 1. The minimum atomic E-state index is -0.0302. The summed E-state index contributed by atoms with van der Waals surface area (Å²) in [5, 5.41) is 3.13. The Morgan fingerprint density at radius 2 is 2.04 bits per heavy atom. The summed E-state index contributed by atoms with van der Waals surface area (Å²) in [7, 11) is 0. The van der Waals surface area contributed by atoms with Crippen LogP contribution in [0.2, 0.25) is 0 Å². The average Bonchev–Trinajstić information content (AvgIpc) is 2.55. The number of ketones is 1. The molecule has 1 heterocycles. The topological polar surface area (TPSA) is 50.0 Å². The molecule has 0 unspecified atom stereocenters. The van der Waals surface area contributed by atoms with Gasteiger partial charge in [0, 0.05) is 6.07 Å². The fourth-order valence-corrected chi connectivity index (χ4v) is 3.14. The molecule has 0 saturated heterocycles. The normalized spacial score (nSPS) is 16.5. The van der Waals surface area contributed by atoms with Crippen LogP contribution in [-0.2, 0) is 17.8 Å². The van der Waals surface area contributed by atoms with Gasteiger partial charge in [-0.3, -0.25) is 9.59 Å². The van der Waals surface area contributed by atoms with Crippen molar-refractivity contribution >= 4 is 11.7 Å². The van der Waals surface area contributed by atoms with Crippen LogP contribution >= 0.6 is 0 Å². The number of nitrogens with one attached hydrogen (secondary N) is 1. The maximum absolute atomic E-state index is 12.4. The number of carbonyl (C=O) groups is 2. The molecule has 1 N–H and O–H groups in total. The number of amides is 1. The van der Waals surface area contributed by atoms with Crippen molar-refractivity contribution in [2.75, 3.05) is 0 Å². The van der Waals surface area contributed by atoms with E-state index in [1.165, 1.54) is 18.1 Å². The second kappa shape index (κ2) is 6.73. The molecule has 1 amide bonds. The second-order valence-electron chi connectivity index (χ2n) is 6.03. The summed E-state index contributed by atoms with van der Waals surface area (Å²) >= 11 is 0. The Labute approximate surface area is 136 Å². The number of fused-ring (bicyclic) bond motifs is 1. The lowest BCUT2D eigenvalue weighted by atomic mass is 9.88. The quantitative estimate of drug-likeness (QED) is 0.696. The molecular formula is C19H21N2O2+. The fraction of sp³-hybridized carbons (Fsp3) is 0.316. The van der Waals surface area contributed by atoms with Gasteiger partial charge >= 0.3 is 0 Å². The summed E-state index contributed by atoms with van der Waals surface area (Å²) in [6.07, 6.45) is 6.67. The van der Waals surface area contributed by atoms with Gasteiger partial charge in [-0.1, -0.05) is 24.3 Å². The Bertz CT molecular complexity index is 740. The molecular weight excluding hydrogens is 288 g/mol. The SMILES string of the molecule is CC(=O)c1ccc[n+](CC(=O)N[C@H]2CCCc3ccccc32)c1. The molecule has 0 radical (unpaired) electrons. The van der Waals surface area contributed by atoms with Gasteiger partial charge in [0.25, 0.3) is 5.91 Å². The number of nitrogens with zero attached hydrogens (tertiary/aromatic N) is 1. The first-order valence-corrected chi connectivity index (χ1v) is 8.00.